The van der Waals surface area contributed by atoms with Gasteiger partial charge in [0.15, 0.2) is 0 Å². The highest BCUT2D eigenvalue weighted by molar-refractivity contribution is 5.13. The average molecular weight is 218 g/mol. The fourth-order valence-corrected chi connectivity index (χ4v) is 7.05. The second kappa shape index (κ2) is 3.06. The first-order chi connectivity index (χ1) is 7.72. The molecule has 0 N–H and O–H groups in total. The molecule has 4 aliphatic rings. The van der Waals surface area contributed by atoms with E-state index < -0.39 is 0 Å². The molecule has 0 nitrogen and oxygen atoms in total. The van der Waals surface area contributed by atoms with Crippen molar-refractivity contribution < 1.29 is 0 Å². The van der Waals surface area contributed by atoms with E-state index in [1.54, 1.807) is 19.3 Å². The minimum Gasteiger partial charge on any atom is -0.0651 e. The first-order valence-corrected chi connectivity index (χ1v) is 7.72. The summed E-state index contributed by atoms with van der Waals surface area (Å²) in [6, 6.07) is 0. The first-order valence-electron chi connectivity index (χ1n) is 7.72. The lowest BCUT2D eigenvalue weighted by molar-refractivity contribution is 0.0427. The third-order valence-electron chi connectivity index (χ3n) is 7.37. The average Bonchev–Trinajstić information content (AvgIpc) is 2.92. The van der Waals surface area contributed by atoms with E-state index in [1.807, 2.05) is 0 Å². The van der Waals surface area contributed by atoms with Crippen LogP contribution < -0.4 is 0 Å². The summed E-state index contributed by atoms with van der Waals surface area (Å²) in [5.74, 6) is 10.2. The molecule has 0 aromatic rings. The van der Waals surface area contributed by atoms with Crippen LogP contribution in [0.15, 0.2) is 0 Å². The maximum atomic E-state index is 2.58. The molecule has 0 aromatic carbocycles. The van der Waals surface area contributed by atoms with Crippen molar-refractivity contribution in [3.8, 4) is 0 Å². The Hall–Kier alpha value is 0. The Morgan fingerprint density at radius 1 is 0.875 bits per heavy atom. The van der Waals surface area contributed by atoms with Crippen molar-refractivity contribution in [3.63, 3.8) is 0 Å². The van der Waals surface area contributed by atoms with Crippen molar-refractivity contribution in [2.45, 2.75) is 46.5 Å². The summed E-state index contributed by atoms with van der Waals surface area (Å²) in [7, 11) is 0. The molecular weight excluding hydrogens is 192 g/mol. The second-order valence-electron chi connectivity index (χ2n) is 7.52. The van der Waals surface area contributed by atoms with Crippen molar-refractivity contribution in [2.24, 2.45) is 53.3 Å². The highest BCUT2D eigenvalue weighted by atomic mass is 14.7. The van der Waals surface area contributed by atoms with Crippen LogP contribution in [0.2, 0.25) is 0 Å². The molecule has 4 saturated carbocycles. The van der Waals surface area contributed by atoms with Crippen LogP contribution in [0.5, 0.6) is 0 Å². The van der Waals surface area contributed by atoms with E-state index in [2.05, 4.69) is 20.8 Å². The summed E-state index contributed by atoms with van der Waals surface area (Å²) in [6.45, 7) is 7.55. The van der Waals surface area contributed by atoms with Crippen LogP contribution in [-0.4, -0.2) is 0 Å². The molecule has 0 saturated heterocycles. The SMILES string of the molecule is CCC1C(C)C2CC1C1C3CC(C)C(C3)C21. The third kappa shape index (κ3) is 0.946. The molecule has 16 heavy (non-hydrogen) atoms. The van der Waals surface area contributed by atoms with Crippen molar-refractivity contribution in [1.82, 2.24) is 0 Å². The molecule has 9 atom stereocenters. The van der Waals surface area contributed by atoms with E-state index in [1.165, 1.54) is 18.3 Å². The van der Waals surface area contributed by atoms with Gasteiger partial charge in [-0.25, -0.2) is 0 Å². The van der Waals surface area contributed by atoms with Gasteiger partial charge in [-0.1, -0.05) is 27.2 Å². The van der Waals surface area contributed by atoms with Gasteiger partial charge in [0.05, 0.1) is 0 Å². The first kappa shape index (κ1) is 9.97. The van der Waals surface area contributed by atoms with Gasteiger partial charge in [-0.3, -0.25) is 0 Å². The second-order valence-corrected chi connectivity index (χ2v) is 7.52. The Kier molecular flexibility index (Phi) is 1.91. The number of rotatable bonds is 1. The summed E-state index contributed by atoms with van der Waals surface area (Å²) < 4.78 is 0. The third-order valence-corrected chi connectivity index (χ3v) is 7.37. The summed E-state index contributed by atoms with van der Waals surface area (Å²) in [5.41, 5.74) is 0. The lowest BCUT2D eigenvalue weighted by Gasteiger charge is -2.43. The van der Waals surface area contributed by atoms with Crippen LogP contribution in [0.25, 0.3) is 0 Å². The quantitative estimate of drug-likeness (QED) is 0.578. The molecule has 0 radical (unpaired) electrons. The molecule has 90 valence electrons. The van der Waals surface area contributed by atoms with Crippen molar-refractivity contribution in [2.75, 3.05) is 0 Å². The van der Waals surface area contributed by atoms with Crippen LogP contribution >= 0.6 is 0 Å². The van der Waals surface area contributed by atoms with Gasteiger partial charge in [-0.2, -0.15) is 0 Å². The van der Waals surface area contributed by atoms with Crippen molar-refractivity contribution in [1.29, 1.82) is 0 Å². The normalized spacial score (nSPS) is 66.6. The van der Waals surface area contributed by atoms with Gasteiger partial charge >= 0.3 is 0 Å². The molecule has 4 aliphatic carbocycles. The zero-order chi connectivity index (χ0) is 11.0. The van der Waals surface area contributed by atoms with E-state index in [-0.39, 0.29) is 0 Å². The predicted molar refractivity (Wildman–Crippen MR) is 66.9 cm³/mol. The molecule has 0 amide bonds. The van der Waals surface area contributed by atoms with Crippen LogP contribution in [-0.2, 0) is 0 Å². The monoisotopic (exact) mass is 218 g/mol. The predicted octanol–water partition coefficient (Wildman–Crippen LogP) is 4.21. The molecule has 4 rings (SSSR count). The molecule has 0 heterocycles. The van der Waals surface area contributed by atoms with Gasteiger partial charge in [0.1, 0.15) is 0 Å². The highest BCUT2D eigenvalue weighted by Crippen LogP contribution is 2.71. The Balaban J connectivity index is 1.69. The van der Waals surface area contributed by atoms with Gasteiger partial charge in [-0.05, 0) is 72.5 Å². The van der Waals surface area contributed by atoms with Crippen LogP contribution in [0.3, 0.4) is 0 Å². The molecular formula is C16H26. The zero-order valence-electron chi connectivity index (χ0n) is 11.0. The summed E-state index contributed by atoms with van der Waals surface area (Å²) in [5, 5.41) is 0. The molecule has 0 spiro atoms. The Morgan fingerprint density at radius 3 is 2.44 bits per heavy atom. The lowest BCUT2D eigenvalue weighted by Crippen LogP contribution is -2.38. The summed E-state index contributed by atoms with van der Waals surface area (Å²) in [4.78, 5) is 0. The Labute approximate surface area is 100 Å². The van der Waals surface area contributed by atoms with E-state index in [0.29, 0.717) is 0 Å². The molecule has 9 unspecified atom stereocenters. The largest absolute Gasteiger partial charge is 0.0651 e. The fraction of sp³-hybridized carbons (Fsp3) is 1.00. The number of fused-ring (bicyclic) bond motifs is 9. The van der Waals surface area contributed by atoms with Crippen LogP contribution in [0.4, 0.5) is 0 Å². The lowest BCUT2D eigenvalue weighted by atomic mass is 9.61. The summed E-state index contributed by atoms with van der Waals surface area (Å²) >= 11 is 0. The Bertz CT molecular complexity index is 307. The molecule has 4 bridgehead atoms. The van der Waals surface area contributed by atoms with Gasteiger partial charge in [0.25, 0.3) is 0 Å². The fourth-order valence-electron chi connectivity index (χ4n) is 7.05. The minimum absolute atomic E-state index is 1.06. The molecule has 0 heteroatoms. The van der Waals surface area contributed by atoms with Gasteiger partial charge in [0, 0.05) is 0 Å². The maximum Gasteiger partial charge on any atom is -0.0318 e. The van der Waals surface area contributed by atoms with Crippen LogP contribution in [0, 0.1) is 53.3 Å². The highest BCUT2D eigenvalue weighted by Gasteiger charge is 2.65. The van der Waals surface area contributed by atoms with Crippen molar-refractivity contribution in [3.05, 3.63) is 0 Å². The zero-order valence-corrected chi connectivity index (χ0v) is 11.0. The van der Waals surface area contributed by atoms with Crippen LogP contribution in [0.1, 0.15) is 46.5 Å². The van der Waals surface area contributed by atoms with Gasteiger partial charge in [-0.15, -0.1) is 0 Å². The summed E-state index contributed by atoms with van der Waals surface area (Å²) in [6.07, 6.45) is 6.28. The van der Waals surface area contributed by atoms with E-state index >= 15 is 0 Å². The smallest absolute Gasteiger partial charge is 0.0318 e. The van der Waals surface area contributed by atoms with Gasteiger partial charge < -0.3 is 0 Å². The maximum absolute atomic E-state index is 2.58. The standard InChI is InChI=1S/C16H26/c1-4-11-9(3)13-7-14(11)15-10-5-8(2)12(6-10)16(13)15/h8-16H,4-7H2,1-3H3. The topological polar surface area (TPSA) is 0 Å². The van der Waals surface area contributed by atoms with Crippen molar-refractivity contribution >= 4 is 0 Å². The molecule has 0 aliphatic heterocycles. The van der Waals surface area contributed by atoms with Gasteiger partial charge in [0.2, 0.25) is 0 Å². The van der Waals surface area contributed by atoms with E-state index in [4.69, 9.17) is 0 Å². The van der Waals surface area contributed by atoms with E-state index in [9.17, 15) is 0 Å². The minimum atomic E-state index is 1.06. The number of hydrogen-bond acceptors (Lipinski definition) is 0. The molecule has 0 aromatic heterocycles. The van der Waals surface area contributed by atoms with E-state index in [0.717, 1.165) is 41.4 Å². The number of hydrogen-bond donors (Lipinski definition) is 0. The molecule has 4 fully saturated rings. The Morgan fingerprint density at radius 2 is 1.69 bits per heavy atom.